The quantitative estimate of drug-likeness (QED) is 0.785. The highest BCUT2D eigenvalue weighted by atomic mass is 32.1. The van der Waals surface area contributed by atoms with Crippen LogP contribution < -0.4 is 0 Å². The van der Waals surface area contributed by atoms with Crippen molar-refractivity contribution < 1.29 is 0 Å². The summed E-state index contributed by atoms with van der Waals surface area (Å²) < 4.78 is 2.85. The van der Waals surface area contributed by atoms with Crippen LogP contribution in [0.2, 0.25) is 0 Å². The number of H-pyrrole nitrogens is 1. The maximum Gasteiger partial charge on any atom is 0.177 e. The van der Waals surface area contributed by atoms with E-state index >= 15 is 0 Å². The van der Waals surface area contributed by atoms with E-state index in [0.29, 0.717) is 0 Å². The van der Waals surface area contributed by atoms with E-state index in [2.05, 4.69) is 40.7 Å². The topological polar surface area (TPSA) is 20.7 Å². The first-order valence-electron chi connectivity index (χ1n) is 5.06. The van der Waals surface area contributed by atoms with E-state index in [-0.39, 0.29) is 0 Å². The number of hydrogen-bond donors (Lipinski definition) is 1. The van der Waals surface area contributed by atoms with Gasteiger partial charge in [0.25, 0.3) is 0 Å². The van der Waals surface area contributed by atoms with Gasteiger partial charge in [0.15, 0.2) is 4.77 Å². The van der Waals surface area contributed by atoms with Crippen LogP contribution >= 0.6 is 12.2 Å². The fraction of sp³-hybridized carbons (Fsp3) is 0.250. The lowest BCUT2D eigenvalue weighted by molar-refractivity contribution is 0.684. The van der Waals surface area contributed by atoms with Crippen molar-refractivity contribution in [3.05, 3.63) is 52.6 Å². The molecule has 78 valence electrons. The summed E-state index contributed by atoms with van der Waals surface area (Å²) in [6.07, 6.45) is 4.89. The average molecular weight is 218 g/mol. The molecule has 0 amide bonds. The second kappa shape index (κ2) is 4.45. The summed E-state index contributed by atoms with van der Waals surface area (Å²) in [6, 6.07) is 8.47. The minimum Gasteiger partial charge on any atom is -0.337 e. The third-order valence-corrected chi connectivity index (χ3v) is 2.96. The summed E-state index contributed by atoms with van der Waals surface area (Å²) in [5.74, 6) is 0. The normalized spacial score (nSPS) is 10.5. The van der Waals surface area contributed by atoms with E-state index in [1.165, 1.54) is 11.1 Å². The maximum absolute atomic E-state index is 5.14. The third kappa shape index (κ3) is 2.36. The van der Waals surface area contributed by atoms with Gasteiger partial charge in [-0.3, -0.25) is 0 Å². The van der Waals surface area contributed by atoms with Crippen LogP contribution in [0.15, 0.2) is 36.7 Å². The molecule has 3 heteroatoms. The van der Waals surface area contributed by atoms with Crippen molar-refractivity contribution >= 4 is 12.2 Å². The Morgan fingerprint density at radius 3 is 2.80 bits per heavy atom. The monoisotopic (exact) mass is 218 g/mol. The summed E-state index contributed by atoms with van der Waals surface area (Å²) in [7, 11) is 0. The SMILES string of the molecule is Cc1ccccc1CCn1cc[nH]c1=S. The predicted molar refractivity (Wildman–Crippen MR) is 64.5 cm³/mol. The molecular weight excluding hydrogens is 204 g/mol. The van der Waals surface area contributed by atoms with Gasteiger partial charge in [0.05, 0.1) is 0 Å². The van der Waals surface area contributed by atoms with Crippen LogP contribution in [0.4, 0.5) is 0 Å². The van der Waals surface area contributed by atoms with Crippen molar-refractivity contribution in [2.24, 2.45) is 0 Å². The average Bonchev–Trinajstić information content (AvgIpc) is 2.63. The molecule has 1 heterocycles. The van der Waals surface area contributed by atoms with Gasteiger partial charge in [-0.05, 0) is 36.7 Å². The summed E-state index contributed by atoms with van der Waals surface area (Å²) in [5.41, 5.74) is 2.74. The predicted octanol–water partition coefficient (Wildman–Crippen LogP) is 3.10. The lowest BCUT2D eigenvalue weighted by Gasteiger charge is -2.05. The number of rotatable bonds is 3. The highest BCUT2D eigenvalue weighted by molar-refractivity contribution is 7.71. The van der Waals surface area contributed by atoms with Crippen molar-refractivity contribution in [2.75, 3.05) is 0 Å². The molecule has 2 aromatic rings. The Morgan fingerprint density at radius 2 is 2.13 bits per heavy atom. The molecule has 0 aliphatic carbocycles. The maximum atomic E-state index is 5.14. The molecule has 0 unspecified atom stereocenters. The molecule has 0 fully saturated rings. The minimum absolute atomic E-state index is 0.795. The summed E-state index contributed by atoms with van der Waals surface area (Å²) in [5, 5.41) is 0. The number of imidazole rings is 1. The Morgan fingerprint density at radius 1 is 1.33 bits per heavy atom. The number of benzene rings is 1. The first-order chi connectivity index (χ1) is 7.27. The van der Waals surface area contributed by atoms with Gasteiger partial charge in [0.1, 0.15) is 0 Å². The molecule has 0 saturated heterocycles. The second-order valence-corrected chi connectivity index (χ2v) is 4.02. The van der Waals surface area contributed by atoms with Gasteiger partial charge in [-0.15, -0.1) is 0 Å². The second-order valence-electron chi connectivity index (χ2n) is 3.64. The van der Waals surface area contributed by atoms with Gasteiger partial charge >= 0.3 is 0 Å². The number of nitrogens with zero attached hydrogens (tertiary/aromatic N) is 1. The van der Waals surface area contributed by atoms with E-state index in [4.69, 9.17) is 12.2 Å². The van der Waals surface area contributed by atoms with E-state index in [9.17, 15) is 0 Å². The Kier molecular flexibility index (Phi) is 3.02. The van der Waals surface area contributed by atoms with Crippen LogP contribution in [0, 0.1) is 11.7 Å². The summed E-state index contributed by atoms with van der Waals surface area (Å²) in [4.78, 5) is 3.00. The van der Waals surface area contributed by atoms with E-state index in [1.807, 2.05) is 12.4 Å². The molecule has 0 bridgehead atoms. The molecule has 0 radical (unpaired) electrons. The molecule has 0 aliphatic heterocycles. The molecule has 15 heavy (non-hydrogen) atoms. The number of nitrogens with one attached hydrogen (secondary N) is 1. The smallest absolute Gasteiger partial charge is 0.177 e. The zero-order valence-corrected chi connectivity index (χ0v) is 9.55. The van der Waals surface area contributed by atoms with Crippen LogP contribution in [0.5, 0.6) is 0 Å². The standard InChI is InChI=1S/C12H14N2S/c1-10-4-2-3-5-11(10)6-8-14-9-7-13-12(14)15/h2-5,7,9H,6,8H2,1H3,(H,13,15). The highest BCUT2D eigenvalue weighted by Crippen LogP contribution is 2.08. The van der Waals surface area contributed by atoms with Crippen molar-refractivity contribution in [2.45, 2.75) is 19.9 Å². The van der Waals surface area contributed by atoms with Crippen molar-refractivity contribution in [3.8, 4) is 0 Å². The first kappa shape index (κ1) is 10.2. The van der Waals surface area contributed by atoms with E-state index in [0.717, 1.165) is 17.7 Å². The Bertz CT molecular complexity index is 496. The van der Waals surface area contributed by atoms with Crippen LogP contribution in [0.25, 0.3) is 0 Å². The van der Waals surface area contributed by atoms with Crippen LogP contribution in [0.1, 0.15) is 11.1 Å². The number of hydrogen-bond acceptors (Lipinski definition) is 1. The molecule has 0 aliphatic rings. The Balaban J connectivity index is 2.09. The summed E-state index contributed by atoms with van der Waals surface area (Å²) >= 11 is 5.14. The van der Waals surface area contributed by atoms with E-state index < -0.39 is 0 Å². The lowest BCUT2D eigenvalue weighted by atomic mass is 10.1. The highest BCUT2D eigenvalue weighted by Gasteiger charge is 1.98. The van der Waals surface area contributed by atoms with Gasteiger partial charge in [-0.2, -0.15) is 0 Å². The molecule has 2 rings (SSSR count). The molecule has 1 aromatic carbocycles. The number of aryl methyl sites for hydroxylation is 3. The molecular formula is C12H14N2S. The minimum atomic E-state index is 0.795. The zero-order valence-electron chi connectivity index (χ0n) is 8.73. The first-order valence-corrected chi connectivity index (χ1v) is 5.46. The van der Waals surface area contributed by atoms with Crippen molar-refractivity contribution in [1.29, 1.82) is 0 Å². The molecule has 0 saturated carbocycles. The number of aromatic nitrogens is 2. The van der Waals surface area contributed by atoms with Gasteiger partial charge in [0.2, 0.25) is 0 Å². The summed E-state index contributed by atoms with van der Waals surface area (Å²) in [6.45, 7) is 3.08. The molecule has 1 aromatic heterocycles. The molecule has 0 atom stereocenters. The Labute approximate surface area is 94.6 Å². The van der Waals surface area contributed by atoms with Gasteiger partial charge < -0.3 is 9.55 Å². The fourth-order valence-corrected chi connectivity index (χ4v) is 1.88. The molecule has 0 spiro atoms. The molecule has 1 N–H and O–H groups in total. The van der Waals surface area contributed by atoms with Crippen LogP contribution in [-0.4, -0.2) is 9.55 Å². The lowest BCUT2D eigenvalue weighted by Crippen LogP contribution is -2.01. The number of aromatic amines is 1. The van der Waals surface area contributed by atoms with Crippen LogP contribution in [-0.2, 0) is 13.0 Å². The van der Waals surface area contributed by atoms with Gasteiger partial charge in [-0.25, -0.2) is 0 Å². The largest absolute Gasteiger partial charge is 0.337 e. The fourth-order valence-electron chi connectivity index (χ4n) is 1.66. The van der Waals surface area contributed by atoms with Gasteiger partial charge in [-0.1, -0.05) is 24.3 Å². The van der Waals surface area contributed by atoms with Crippen LogP contribution in [0.3, 0.4) is 0 Å². The van der Waals surface area contributed by atoms with Crippen molar-refractivity contribution in [3.63, 3.8) is 0 Å². The Hall–Kier alpha value is -1.35. The van der Waals surface area contributed by atoms with Gasteiger partial charge in [0, 0.05) is 18.9 Å². The third-order valence-electron chi connectivity index (χ3n) is 2.61. The zero-order chi connectivity index (χ0) is 10.7. The molecule has 2 nitrogen and oxygen atoms in total. The van der Waals surface area contributed by atoms with Crippen molar-refractivity contribution in [1.82, 2.24) is 9.55 Å². The van der Waals surface area contributed by atoms with E-state index in [1.54, 1.807) is 0 Å².